The van der Waals surface area contributed by atoms with Crippen molar-refractivity contribution in [3.05, 3.63) is 206 Å². The molecule has 0 fully saturated rings. The molecule has 0 aliphatic carbocycles. The van der Waals surface area contributed by atoms with Gasteiger partial charge < -0.3 is 0 Å². The predicted octanol–water partition coefficient (Wildman–Crippen LogP) is 16.5. The third kappa shape index (κ3) is 4.29. The quantitative estimate of drug-likeness (QED) is 0.158. The van der Waals surface area contributed by atoms with Gasteiger partial charge in [0.1, 0.15) is 0 Å². The van der Waals surface area contributed by atoms with E-state index in [-0.39, 0.29) is 0 Å². The Bertz CT molecular complexity index is 3750. The van der Waals surface area contributed by atoms with E-state index in [2.05, 4.69) is 206 Å². The highest BCUT2D eigenvalue weighted by Crippen LogP contribution is 2.56. The van der Waals surface area contributed by atoms with Gasteiger partial charge in [-0.3, -0.25) is 0 Å². The highest BCUT2D eigenvalue weighted by Gasteiger charge is 2.27. The van der Waals surface area contributed by atoms with E-state index in [0.29, 0.717) is 0 Å². The molecular formula is C58H34. The normalized spacial score (nSPS) is 12.1. The van der Waals surface area contributed by atoms with Gasteiger partial charge in [-0.1, -0.05) is 182 Å². The van der Waals surface area contributed by atoms with Crippen LogP contribution in [0.25, 0.3) is 131 Å². The third-order valence-electron chi connectivity index (χ3n) is 12.9. The molecule has 0 nitrogen and oxygen atoms in total. The lowest BCUT2D eigenvalue weighted by molar-refractivity contribution is 1.60. The van der Waals surface area contributed by atoms with Gasteiger partial charge in [0.25, 0.3) is 0 Å². The van der Waals surface area contributed by atoms with Gasteiger partial charge in [-0.15, -0.1) is 0 Å². The van der Waals surface area contributed by atoms with Crippen molar-refractivity contribution in [3.63, 3.8) is 0 Å². The summed E-state index contributed by atoms with van der Waals surface area (Å²) in [6, 6.07) is 77.0. The lowest BCUT2D eigenvalue weighted by Crippen LogP contribution is -1.91. The summed E-state index contributed by atoms with van der Waals surface area (Å²) in [7, 11) is 0. The smallest absolute Gasteiger partial charge is 0.000697 e. The molecule has 0 radical (unpaired) electrons. The molecule has 13 rings (SSSR count). The van der Waals surface area contributed by atoms with Crippen molar-refractivity contribution in [2.75, 3.05) is 0 Å². The molecule has 0 spiro atoms. The molecule has 0 N–H and O–H groups in total. The minimum atomic E-state index is 1.22. The fourth-order valence-electron chi connectivity index (χ4n) is 10.6. The average molecular weight is 731 g/mol. The summed E-state index contributed by atoms with van der Waals surface area (Å²) >= 11 is 0. The first kappa shape index (κ1) is 31.6. The van der Waals surface area contributed by atoms with E-state index in [1.807, 2.05) is 0 Å². The molecule has 13 aromatic rings. The number of rotatable bonds is 4. The van der Waals surface area contributed by atoms with E-state index in [0.717, 1.165) is 0 Å². The summed E-state index contributed by atoms with van der Waals surface area (Å²) in [5.41, 5.74) is 10.0. The van der Waals surface area contributed by atoms with Crippen LogP contribution in [0.3, 0.4) is 0 Å². The molecule has 0 saturated carbocycles. The Morgan fingerprint density at radius 3 is 1.38 bits per heavy atom. The van der Waals surface area contributed by atoms with Crippen molar-refractivity contribution in [2.24, 2.45) is 0 Å². The van der Waals surface area contributed by atoms with Crippen LogP contribution < -0.4 is 0 Å². The number of hydrogen-bond donors (Lipinski definition) is 0. The van der Waals surface area contributed by atoms with E-state index < -0.39 is 0 Å². The topological polar surface area (TPSA) is 0 Å². The zero-order valence-corrected chi connectivity index (χ0v) is 31.6. The van der Waals surface area contributed by atoms with Gasteiger partial charge in [-0.2, -0.15) is 0 Å². The largest absolute Gasteiger partial charge is 0.0622 e. The third-order valence-corrected chi connectivity index (χ3v) is 12.9. The lowest BCUT2D eigenvalue weighted by atomic mass is 9.83. The first-order chi connectivity index (χ1) is 28.8. The second kappa shape index (κ2) is 12.0. The van der Waals surface area contributed by atoms with Gasteiger partial charge in [0, 0.05) is 0 Å². The fourth-order valence-corrected chi connectivity index (χ4v) is 10.6. The maximum absolute atomic E-state index is 2.54. The average Bonchev–Trinajstić information content (AvgIpc) is 3.79. The molecule has 0 heterocycles. The number of fused-ring (bicyclic) bond motifs is 10. The molecule has 0 unspecified atom stereocenters. The standard InChI is InChI=1S/C58H34/c1-4-17-35(18-5-1)40-24-12-13-26-42(40)39-32-47-41-25-11-10-23-38(41)31-49-55(47)50(33-39)57-52(36-19-6-2-7-20-36)51-34-48-44-28-15-14-27-43(44)45-29-16-30-46(54(45)48)56(51)53(58(49)57)37-21-8-3-9-22-37/h1-34H. The molecule has 0 bridgehead atoms. The van der Waals surface area contributed by atoms with Gasteiger partial charge in [0.2, 0.25) is 0 Å². The molecule has 0 aliphatic heterocycles. The van der Waals surface area contributed by atoms with Crippen LogP contribution in [0.4, 0.5) is 0 Å². The molecule has 0 atom stereocenters. The SMILES string of the molecule is c1ccc(-c2ccccc2-c2cc3c4ccccc4cc4c5c(-c6ccccc6)c6c(cc7c8ccccc8c8cccc6c87)c(-c6ccccc6)c5c(c2)c34)cc1. The van der Waals surface area contributed by atoms with Gasteiger partial charge in [-0.05, 0) is 155 Å². The highest BCUT2D eigenvalue weighted by molar-refractivity contribution is 6.46. The van der Waals surface area contributed by atoms with Gasteiger partial charge in [0.15, 0.2) is 0 Å². The van der Waals surface area contributed by atoms with Crippen LogP contribution in [0.1, 0.15) is 0 Å². The Labute approximate surface area is 335 Å². The van der Waals surface area contributed by atoms with E-state index >= 15 is 0 Å². The summed E-state index contributed by atoms with van der Waals surface area (Å²) in [5.74, 6) is 0. The van der Waals surface area contributed by atoms with Crippen molar-refractivity contribution in [3.8, 4) is 44.5 Å². The van der Waals surface area contributed by atoms with Crippen molar-refractivity contribution < 1.29 is 0 Å². The lowest BCUT2D eigenvalue weighted by Gasteiger charge is -2.19. The van der Waals surface area contributed by atoms with Crippen LogP contribution in [0.5, 0.6) is 0 Å². The minimum Gasteiger partial charge on any atom is -0.0622 e. The first-order valence-electron chi connectivity index (χ1n) is 20.3. The van der Waals surface area contributed by atoms with Crippen molar-refractivity contribution in [1.82, 2.24) is 0 Å². The van der Waals surface area contributed by atoms with Crippen LogP contribution in [-0.2, 0) is 0 Å². The molecule has 0 heteroatoms. The van der Waals surface area contributed by atoms with Crippen LogP contribution in [0, 0.1) is 0 Å². The Morgan fingerprint density at radius 2 is 0.655 bits per heavy atom. The highest BCUT2D eigenvalue weighted by atomic mass is 14.3. The second-order valence-electron chi connectivity index (χ2n) is 15.9. The van der Waals surface area contributed by atoms with E-state index in [1.165, 1.54) is 131 Å². The molecule has 0 aliphatic rings. The maximum atomic E-state index is 2.54. The summed E-state index contributed by atoms with van der Waals surface area (Å²) in [5, 5.41) is 21.0. The number of hydrogen-bond acceptors (Lipinski definition) is 0. The number of benzene rings is 11. The van der Waals surface area contributed by atoms with Crippen LogP contribution in [0.15, 0.2) is 206 Å². The Kier molecular flexibility index (Phi) is 6.54. The summed E-state index contributed by atoms with van der Waals surface area (Å²) < 4.78 is 0. The summed E-state index contributed by atoms with van der Waals surface area (Å²) in [6.07, 6.45) is 0. The van der Waals surface area contributed by atoms with E-state index in [4.69, 9.17) is 0 Å². The molecule has 0 saturated heterocycles. The Balaban J connectivity index is 1.34. The van der Waals surface area contributed by atoms with Gasteiger partial charge >= 0.3 is 0 Å². The zero-order valence-electron chi connectivity index (χ0n) is 31.6. The van der Waals surface area contributed by atoms with Crippen LogP contribution >= 0.6 is 0 Å². The summed E-state index contributed by atoms with van der Waals surface area (Å²) in [6.45, 7) is 0. The van der Waals surface area contributed by atoms with Crippen LogP contribution in [-0.4, -0.2) is 0 Å². The molecule has 13 aromatic carbocycles. The van der Waals surface area contributed by atoms with Gasteiger partial charge in [-0.25, -0.2) is 0 Å². The first-order valence-corrected chi connectivity index (χ1v) is 20.3. The maximum Gasteiger partial charge on any atom is -0.000697 e. The zero-order chi connectivity index (χ0) is 37.9. The molecule has 266 valence electrons. The molecule has 0 aromatic heterocycles. The summed E-state index contributed by atoms with van der Waals surface area (Å²) in [4.78, 5) is 0. The molecule has 0 amide bonds. The van der Waals surface area contributed by atoms with Crippen molar-refractivity contribution in [2.45, 2.75) is 0 Å². The monoisotopic (exact) mass is 730 g/mol. The molecule has 58 heavy (non-hydrogen) atoms. The van der Waals surface area contributed by atoms with Crippen molar-refractivity contribution >= 4 is 86.2 Å². The Morgan fingerprint density at radius 1 is 0.190 bits per heavy atom. The second-order valence-corrected chi connectivity index (χ2v) is 15.9. The fraction of sp³-hybridized carbons (Fsp3) is 0. The Hall–Kier alpha value is -7.54. The predicted molar refractivity (Wildman–Crippen MR) is 251 cm³/mol. The van der Waals surface area contributed by atoms with Gasteiger partial charge in [0.05, 0.1) is 0 Å². The molecular weight excluding hydrogens is 697 g/mol. The van der Waals surface area contributed by atoms with Crippen molar-refractivity contribution in [1.29, 1.82) is 0 Å². The minimum absolute atomic E-state index is 1.22. The van der Waals surface area contributed by atoms with Crippen LogP contribution in [0.2, 0.25) is 0 Å². The van der Waals surface area contributed by atoms with E-state index in [9.17, 15) is 0 Å². The van der Waals surface area contributed by atoms with E-state index in [1.54, 1.807) is 0 Å².